The fourth-order valence-electron chi connectivity index (χ4n) is 2.49. The van der Waals surface area contributed by atoms with E-state index in [-0.39, 0.29) is 6.61 Å². The first kappa shape index (κ1) is 12.0. The molecule has 0 radical (unpaired) electrons. The quantitative estimate of drug-likeness (QED) is 0.857. The maximum absolute atomic E-state index is 9.14. The van der Waals surface area contributed by atoms with Crippen molar-refractivity contribution in [1.29, 1.82) is 0 Å². The summed E-state index contributed by atoms with van der Waals surface area (Å²) in [5, 5.41) is 9.14. The minimum Gasteiger partial charge on any atom is -0.395 e. The van der Waals surface area contributed by atoms with E-state index in [4.69, 9.17) is 5.11 Å². The summed E-state index contributed by atoms with van der Waals surface area (Å²) in [5.41, 5.74) is 1.88. The summed E-state index contributed by atoms with van der Waals surface area (Å²) in [7, 11) is 0. The molecule has 1 saturated carbocycles. The van der Waals surface area contributed by atoms with Gasteiger partial charge in [0.2, 0.25) is 0 Å². The highest BCUT2D eigenvalue weighted by atomic mass is 32.1. The van der Waals surface area contributed by atoms with Crippen molar-refractivity contribution < 1.29 is 5.11 Å². The molecule has 1 heterocycles. The SMILES string of the molecule is OCCN(Cc1cncs1)C1CCCCC1. The molecule has 16 heavy (non-hydrogen) atoms. The Labute approximate surface area is 101 Å². The van der Waals surface area contributed by atoms with Gasteiger partial charge in [0.1, 0.15) is 0 Å². The second-order valence-electron chi connectivity index (χ2n) is 4.45. The van der Waals surface area contributed by atoms with E-state index in [2.05, 4.69) is 9.88 Å². The summed E-state index contributed by atoms with van der Waals surface area (Å²) < 4.78 is 0. The summed E-state index contributed by atoms with van der Waals surface area (Å²) in [5.74, 6) is 0. The van der Waals surface area contributed by atoms with Crippen LogP contribution in [0.3, 0.4) is 0 Å². The number of nitrogens with zero attached hydrogens (tertiary/aromatic N) is 2. The second-order valence-corrected chi connectivity index (χ2v) is 5.42. The van der Waals surface area contributed by atoms with Gasteiger partial charge in [-0.2, -0.15) is 0 Å². The maximum atomic E-state index is 9.14. The number of aliphatic hydroxyl groups excluding tert-OH is 1. The monoisotopic (exact) mass is 240 g/mol. The second kappa shape index (κ2) is 6.33. The zero-order valence-corrected chi connectivity index (χ0v) is 10.5. The number of aromatic nitrogens is 1. The zero-order chi connectivity index (χ0) is 11.2. The number of hydrogen-bond donors (Lipinski definition) is 1. The molecule has 90 valence electrons. The molecule has 1 aliphatic rings. The third-order valence-electron chi connectivity index (χ3n) is 3.32. The Morgan fingerprint density at radius 3 is 2.81 bits per heavy atom. The van der Waals surface area contributed by atoms with Gasteiger partial charge in [0.15, 0.2) is 0 Å². The molecule has 4 heteroatoms. The van der Waals surface area contributed by atoms with Gasteiger partial charge in [-0.15, -0.1) is 11.3 Å². The minimum absolute atomic E-state index is 0.259. The van der Waals surface area contributed by atoms with Crippen LogP contribution in [0.4, 0.5) is 0 Å². The lowest BCUT2D eigenvalue weighted by atomic mass is 9.94. The highest BCUT2D eigenvalue weighted by molar-refractivity contribution is 7.09. The first-order valence-corrected chi connectivity index (χ1v) is 7.00. The molecule has 0 bridgehead atoms. The van der Waals surface area contributed by atoms with Gasteiger partial charge in [0.05, 0.1) is 12.1 Å². The topological polar surface area (TPSA) is 36.4 Å². The first-order valence-electron chi connectivity index (χ1n) is 6.12. The maximum Gasteiger partial charge on any atom is 0.0794 e. The molecular weight excluding hydrogens is 220 g/mol. The molecule has 0 aromatic carbocycles. The lowest BCUT2D eigenvalue weighted by Crippen LogP contribution is -2.38. The van der Waals surface area contributed by atoms with Crippen molar-refractivity contribution in [1.82, 2.24) is 9.88 Å². The van der Waals surface area contributed by atoms with Gasteiger partial charge in [0, 0.05) is 30.2 Å². The Hall–Kier alpha value is -0.450. The van der Waals surface area contributed by atoms with E-state index in [0.29, 0.717) is 6.04 Å². The molecule has 3 nitrogen and oxygen atoms in total. The van der Waals surface area contributed by atoms with E-state index < -0.39 is 0 Å². The smallest absolute Gasteiger partial charge is 0.0794 e. The molecule has 1 aliphatic carbocycles. The Kier molecular flexibility index (Phi) is 4.75. The molecule has 0 aliphatic heterocycles. The van der Waals surface area contributed by atoms with Crippen molar-refractivity contribution in [3.8, 4) is 0 Å². The number of aliphatic hydroxyl groups is 1. The molecule has 2 rings (SSSR count). The molecule has 0 spiro atoms. The Balaban J connectivity index is 1.92. The predicted octanol–water partition coefficient (Wildman–Crippen LogP) is 2.27. The fourth-order valence-corrected chi connectivity index (χ4v) is 3.10. The van der Waals surface area contributed by atoms with Gasteiger partial charge in [0.25, 0.3) is 0 Å². The molecule has 1 aromatic rings. The van der Waals surface area contributed by atoms with Crippen LogP contribution in [0.15, 0.2) is 11.7 Å². The van der Waals surface area contributed by atoms with Gasteiger partial charge >= 0.3 is 0 Å². The van der Waals surface area contributed by atoms with E-state index in [1.54, 1.807) is 11.3 Å². The highest BCUT2D eigenvalue weighted by Crippen LogP contribution is 2.24. The third kappa shape index (κ3) is 3.27. The summed E-state index contributed by atoms with van der Waals surface area (Å²) >= 11 is 1.71. The van der Waals surface area contributed by atoms with Crippen LogP contribution in [0.1, 0.15) is 37.0 Å². The van der Waals surface area contributed by atoms with Crippen molar-refractivity contribution in [2.45, 2.75) is 44.7 Å². The Morgan fingerprint density at radius 2 is 2.19 bits per heavy atom. The summed E-state index contributed by atoms with van der Waals surface area (Å²) in [6, 6.07) is 0.669. The van der Waals surface area contributed by atoms with Crippen LogP contribution in [0, 0.1) is 0 Å². The van der Waals surface area contributed by atoms with Crippen molar-refractivity contribution in [3.05, 3.63) is 16.6 Å². The molecule has 0 saturated heterocycles. The largest absolute Gasteiger partial charge is 0.395 e. The Bertz CT molecular complexity index is 283. The number of hydrogen-bond acceptors (Lipinski definition) is 4. The van der Waals surface area contributed by atoms with E-state index in [1.807, 2.05) is 11.7 Å². The standard InChI is InChI=1S/C12H20N2OS/c15-7-6-14(9-12-8-13-10-16-12)11-4-2-1-3-5-11/h8,10-11,15H,1-7,9H2. The van der Waals surface area contributed by atoms with Crippen LogP contribution in [0.5, 0.6) is 0 Å². The Morgan fingerprint density at radius 1 is 1.38 bits per heavy atom. The number of rotatable bonds is 5. The van der Waals surface area contributed by atoms with E-state index in [9.17, 15) is 0 Å². The fraction of sp³-hybridized carbons (Fsp3) is 0.750. The third-order valence-corrected chi connectivity index (χ3v) is 4.09. The summed E-state index contributed by atoms with van der Waals surface area (Å²) in [4.78, 5) is 7.84. The van der Waals surface area contributed by atoms with Crippen LogP contribution in [0.25, 0.3) is 0 Å². The van der Waals surface area contributed by atoms with E-state index in [1.165, 1.54) is 37.0 Å². The zero-order valence-electron chi connectivity index (χ0n) is 9.64. The minimum atomic E-state index is 0.259. The van der Waals surface area contributed by atoms with Crippen molar-refractivity contribution >= 4 is 11.3 Å². The van der Waals surface area contributed by atoms with Gasteiger partial charge < -0.3 is 5.11 Å². The summed E-state index contributed by atoms with van der Waals surface area (Å²) in [6.07, 6.45) is 8.59. The molecule has 0 amide bonds. The molecule has 0 atom stereocenters. The molecule has 1 aromatic heterocycles. The lowest BCUT2D eigenvalue weighted by Gasteiger charge is -2.33. The average Bonchev–Trinajstić information content (AvgIpc) is 2.83. The van der Waals surface area contributed by atoms with Crippen LogP contribution in [-0.4, -0.2) is 34.2 Å². The molecular formula is C12H20N2OS. The van der Waals surface area contributed by atoms with Crippen LogP contribution >= 0.6 is 11.3 Å². The predicted molar refractivity (Wildman–Crippen MR) is 66.5 cm³/mol. The lowest BCUT2D eigenvalue weighted by molar-refractivity contribution is 0.118. The number of thiazole rings is 1. The highest BCUT2D eigenvalue weighted by Gasteiger charge is 2.20. The van der Waals surface area contributed by atoms with Crippen LogP contribution in [-0.2, 0) is 6.54 Å². The normalized spacial score (nSPS) is 18.1. The summed E-state index contributed by atoms with van der Waals surface area (Å²) in [6.45, 7) is 2.01. The first-order chi connectivity index (χ1) is 7.90. The van der Waals surface area contributed by atoms with E-state index in [0.717, 1.165) is 13.1 Å². The van der Waals surface area contributed by atoms with Gasteiger partial charge in [-0.05, 0) is 12.8 Å². The van der Waals surface area contributed by atoms with Crippen molar-refractivity contribution in [3.63, 3.8) is 0 Å². The van der Waals surface area contributed by atoms with Gasteiger partial charge in [-0.3, -0.25) is 9.88 Å². The van der Waals surface area contributed by atoms with E-state index >= 15 is 0 Å². The van der Waals surface area contributed by atoms with Crippen LogP contribution in [0.2, 0.25) is 0 Å². The molecule has 1 fully saturated rings. The van der Waals surface area contributed by atoms with Crippen molar-refractivity contribution in [2.75, 3.05) is 13.2 Å². The molecule has 0 unspecified atom stereocenters. The average molecular weight is 240 g/mol. The van der Waals surface area contributed by atoms with Gasteiger partial charge in [-0.25, -0.2) is 0 Å². The molecule has 1 N–H and O–H groups in total. The van der Waals surface area contributed by atoms with Crippen LogP contribution < -0.4 is 0 Å². The van der Waals surface area contributed by atoms with Gasteiger partial charge in [-0.1, -0.05) is 19.3 Å². The van der Waals surface area contributed by atoms with Crippen molar-refractivity contribution in [2.24, 2.45) is 0 Å².